The molecule has 0 spiro atoms. The van der Waals surface area contributed by atoms with Crippen molar-refractivity contribution < 1.29 is 39.3 Å². The van der Waals surface area contributed by atoms with Gasteiger partial charge >= 0.3 is 11.9 Å². The van der Waals surface area contributed by atoms with Crippen molar-refractivity contribution in [2.24, 2.45) is 11.7 Å². The molecule has 0 saturated heterocycles. The summed E-state index contributed by atoms with van der Waals surface area (Å²) in [6, 6.07) is 3.41. The van der Waals surface area contributed by atoms with Crippen LogP contribution in [0.5, 0.6) is 0 Å². The van der Waals surface area contributed by atoms with Crippen molar-refractivity contribution >= 4 is 29.7 Å². The predicted octanol–water partition coefficient (Wildman–Crippen LogP) is -1.39. The maximum Gasteiger partial charge on any atom is 0.326 e. The minimum atomic E-state index is -1.64. The average Bonchev–Trinajstić information content (AvgIpc) is 2.76. The number of amides is 3. The first kappa shape index (κ1) is 28.5. The molecule has 4 atom stereocenters. The normalized spacial score (nSPS) is 14.4. The van der Waals surface area contributed by atoms with E-state index in [9.17, 15) is 34.2 Å². The van der Waals surface area contributed by atoms with Crippen molar-refractivity contribution in [2.75, 3.05) is 6.61 Å². The topological polar surface area (TPSA) is 208 Å². The number of nitrogens with two attached hydrogens (primary N) is 1. The van der Waals surface area contributed by atoms with Crippen molar-refractivity contribution in [3.05, 3.63) is 35.9 Å². The monoisotopic (exact) mass is 480 g/mol. The van der Waals surface area contributed by atoms with E-state index >= 15 is 0 Å². The summed E-state index contributed by atoms with van der Waals surface area (Å²) in [5.74, 6) is -5.60. The van der Waals surface area contributed by atoms with Gasteiger partial charge in [-0.25, -0.2) is 4.79 Å². The zero-order valence-electron chi connectivity index (χ0n) is 19.1. The molecule has 34 heavy (non-hydrogen) atoms. The second kappa shape index (κ2) is 13.9. The molecule has 188 valence electrons. The highest BCUT2D eigenvalue weighted by Gasteiger charge is 2.31. The van der Waals surface area contributed by atoms with Crippen LogP contribution >= 0.6 is 0 Å². The quantitative estimate of drug-likeness (QED) is 0.167. The smallest absolute Gasteiger partial charge is 0.326 e. The number of rotatable bonds is 14. The Bertz CT molecular complexity index is 862. The molecule has 12 nitrogen and oxygen atoms in total. The molecule has 0 bridgehead atoms. The number of benzene rings is 1. The van der Waals surface area contributed by atoms with E-state index in [0.717, 1.165) is 5.56 Å². The number of carbonyl (C=O) groups is 5. The number of carboxylic acid groups (broad SMARTS) is 2. The van der Waals surface area contributed by atoms with Crippen LogP contribution in [0.1, 0.15) is 32.3 Å². The minimum Gasteiger partial charge on any atom is -0.481 e. The van der Waals surface area contributed by atoms with Crippen LogP contribution in [-0.4, -0.2) is 75.8 Å². The van der Waals surface area contributed by atoms with Gasteiger partial charge in [-0.15, -0.1) is 0 Å². The van der Waals surface area contributed by atoms with Crippen molar-refractivity contribution in [1.82, 2.24) is 16.0 Å². The molecule has 0 heterocycles. The maximum absolute atomic E-state index is 12.6. The molecule has 0 fully saturated rings. The van der Waals surface area contributed by atoms with Crippen LogP contribution < -0.4 is 21.7 Å². The molecular formula is C22H32N4O8. The van der Waals surface area contributed by atoms with Gasteiger partial charge in [-0.1, -0.05) is 44.2 Å². The molecule has 3 amide bonds. The zero-order chi connectivity index (χ0) is 25.8. The second-order valence-corrected chi connectivity index (χ2v) is 8.23. The number of carboxylic acids is 2. The highest BCUT2D eigenvalue weighted by Crippen LogP contribution is 2.07. The van der Waals surface area contributed by atoms with Crippen molar-refractivity contribution in [1.29, 1.82) is 0 Å². The summed E-state index contributed by atoms with van der Waals surface area (Å²) in [5.41, 5.74) is 6.65. The fourth-order valence-corrected chi connectivity index (χ4v) is 3.05. The fraction of sp³-hybridized carbons (Fsp3) is 0.500. The van der Waals surface area contributed by atoms with Gasteiger partial charge in [0.15, 0.2) is 0 Å². The summed E-state index contributed by atoms with van der Waals surface area (Å²) in [6.45, 7) is 2.65. The lowest BCUT2D eigenvalue weighted by Crippen LogP contribution is -2.58. The molecule has 0 aromatic heterocycles. The van der Waals surface area contributed by atoms with Gasteiger partial charge in [0.2, 0.25) is 17.7 Å². The molecule has 8 N–H and O–H groups in total. The zero-order valence-corrected chi connectivity index (χ0v) is 19.1. The molecule has 0 aliphatic rings. The largest absolute Gasteiger partial charge is 0.481 e. The predicted molar refractivity (Wildman–Crippen MR) is 120 cm³/mol. The van der Waals surface area contributed by atoms with Gasteiger partial charge in [-0.05, 0) is 24.3 Å². The van der Waals surface area contributed by atoms with Gasteiger partial charge < -0.3 is 37.0 Å². The van der Waals surface area contributed by atoms with Crippen molar-refractivity contribution in [3.8, 4) is 0 Å². The summed E-state index contributed by atoms with van der Waals surface area (Å²) in [7, 11) is 0. The number of aliphatic carboxylic acids is 2. The number of aliphatic hydroxyl groups excluding tert-OH is 1. The van der Waals surface area contributed by atoms with E-state index in [-0.39, 0.29) is 18.8 Å². The molecule has 0 radical (unpaired) electrons. The lowest BCUT2D eigenvalue weighted by Gasteiger charge is -2.24. The third kappa shape index (κ3) is 9.96. The molecular weight excluding hydrogens is 448 g/mol. The third-order valence-corrected chi connectivity index (χ3v) is 4.78. The molecule has 0 aliphatic heterocycles. The fourth-order valence-electron chi connectivity index (χ4n) is 3.05. The van der Waals surface area contributed by atoms with E-state index in [1.165, 1.54) is 0 Å². The van der Waals surface area contributed by atoms with Gasteiger partial charge in [0, 0.05) is 0 Å². The van der Waals surface area contributed by atoms with Crippen LogP contribution in [0.4, 0.5) is 0 Å². The molecule has 1 rings (SSSR count). The third-order valence-electron chi connectivity index (χ3n) is 4.78. The Labute approximate surface area is 196 Å². The summed E-state index contributed by atoms with van der Waals surface area (Å²) in [5, 5.41) is 34.6. The second-order valence-electron chi connectivity index (χ2n) is 8.23. The van der Waals surface area contributed by atoms with Crippen LogP contribution in [0.15, 0.2) is 30.3 Å². The van der Waals surface area contributed by atoms with Gasteiger partial charge in [0.05, 0.1) is 19.1 Å². The average molecular weight is 481 g/mol. The van der Waals surface area contributed by atoms with Gasteiger partial charge in [0.25, 0.3) is 0 Å². The summed E-state index contributed by atoms with van der Waals surface area (Å²) < 4.78 is 0. The first-order valence-electron chi connectivity index (χ1n) is 10.7. The van der Waals surface area contributed by atoms with Crippen LogP contribution in [0.25, 0.3) is 0 Å². The summed E-state index contributed by atoms with van der Waals surface area (Å²) in [4.78, 5) is 60.1. The standard InChI is InChI=1S/C22H32N4O8/c1-12(2)8-16(22(33)34)25-20(31)15(10-18(28)29)24-21(32)17(11-27)26-19(30)14(23)9-13-6-4-3-5-7-13/h3-7,12,14-17,27H,8-11,23H2,1-2H3,(H,24,32)(H,25,31)(H,26,30)(H,28,29)(H,33,34). The SMILES string of the molecule is CC(C)CC(NC(=O)C(CC(=O)O)NC(=O)C(CO)NC(=O)C(N)Cc1ccccc1)C(=O)O. The summed E-state index contributed by atoms with van der Waals surface area (Å²) >= 11 is 0. The Morgan fingerprint density at radius 2 is 1.38 bits per heavy atom. The van der Waals surface area contributed by atoms with Gasteiger partial charge in [-0.2, -0.15) is 0 Å². The van der Waals surface area contributed by atoms with Gasteiger partial charge in [0.1, 0.15) is 18.1 Å². The Balaban J connectivity index is 2.84. The Morgan fingerprint density at radius 3 is 1.88 bits per heavy atom. The minimum absolute atomic E-state index is 0.0806. The van der Waals surface area contributed by atoms with E-state index in [2.05, 4.69) is 16.0 Å². The van der Waals surface area contributed by atoms with E-state index < -0.39 is 66.9 Å². The Kier molecular flexibility index (Phi) is 11.7. The molecule has 4 unspecified atom stereocenters. The highest BCUT2D eigenvalue weighted by molar-refractivity contribution is 5.95. The number of hydrogen-bond donors (Lipinski definition) is 7. The molecule has 1 aromatic carbocycles. The first-order valence-corrected chi connectivity index (χ1v) is 10.7. The molecule has 0 aliphatic carbocycles. The number of nitrogens with one attached hydrogen (secondary N) is 3. The first-order chi connectivity index (χ1) is 15.9. The van der Waals surface area contributed by atoms with Gasteiger partial charge in [-0.3, -0.25) is 19.2 Å². The number of carbonyl (C=O) groups excluding carboxylic acids is 3. The lowest BCUT2D eigenvalue weighted by atomic mass is 10.0. The molecule has 12 heteroatoms. The maximum atomic E-state index is 12.6. The summed E-state index contributed by atoms with van der Waals surface area (Å²) in [6.07, 6.45) is -0.586. The van der Waals surface area contributed by atoms with Crippen LogP contribution in [-0.2, 0) is 30.4 Å². The highest BCUT2D eigenvalue weighted by atomic mass is 16.4. The molecule has 1 aromatic rings. The van der Waals surface area contributed by atoms with E-state index in [4.69, 9.17) is 10.8 Å². The Morgan fingerprint density at radius 1 is 0.853 bits per heavy atom. The van der Waals surface area contributed by atoms with E-state index in [1.807, 2.05) is 0 Å². The van der Waals surface area contributed by atoms with Crippen LogP contribution in [0, 0.1) is 5.92 Å². The Hall–Kier alpha value is -3.51. The number of hydrogen-bond acceptors (Lipinski definition) is 7. The van der Waals surface area contributed by atoms with E-state index in [0.29, 0.717) is 0 Å². The van der Waals surface area contributed by atoms with Crippen molar-refractivity contribution in [2.45, 2.75) is 57.3 Å². The number of aliphatic hydroxyl groups is 1. The van der Waals surface area contributed by atoms with Crippen LogP contribution in [0.3, 0.4) is 0 Å². The van der Waals surface area contributed by atoms with Crippen LogP contribution in [0.2, 0.25) is 0 Å². The lowest BCUT2D eigenvalue weighted by molar-refractivity contribution is -0.144. The van der Waals surface area contributed by atoms with E-state index in [1.54, 1.807) is 44.2 Å². The molecule has 0 saturated carbocycles. The van der Waals surface area contributed by atoms with Crippen molar-refractivity contribution in [3.63, 3.8) is 0 Å².